The third-order valence-corrected chi connectivity index (χ3v) is 14.7. The molecule has 4 aliphatic carbocycles. The Labute approximate surface area is 308 Å². The van der Waals surface area contributed by atoms with Crippen LogP contribution < -0.4 is 0 Å². The fourth-order valence-corrected chi connectivity index (χ4v) is 13.6. The van der Waals surface area contributed by atoms with Gasteiger partial charge in [0.25, 0.3) is 5.97 Å². The molecule has 1 aromatic heterocycles. The van der Waals surface area contributed by atoms with Crippen LogP contribution in [-0.2, 0) is 61.8 Å². The second kappa shape index (κ2) is 10.9. The first-order valence-electron chi connectivity index (χ1n) is 18.4. The van der Waals surface area contributed by atoms with Crippen molar-refractivity contribution >= 4 is 23.9 Å². The van der Waals surface area contributed by atoms with Crippen LogP contribution >= 0.6 is 0 Å². The van der Waals surface area contributed by atoms with Crippen molar-refractivity contribution in [3.8, 4) is 0 Å². The number of carbonyl (C=O) groups excluding carboxylic acids is 4. The molecule has 290 valence electrons. The molecule has 14 nitrogen and oxygen atoms in total. The summed E-state index contributed by atoms with van der Waals surface area (Å²) < 4.78 is 65.0. The average Bonchev–Trinajstić information content (AvgIpc) is 3.77. The summed E-state index contributed by atoms with van der Waals surface area (Å²) in [5.74, 6) is -5.47. The number of ether oxygens (including phenoxy) is 9. The standard InChI is InChI=1S/C39H50O14/c1-19(2)26(45-10)25-27-32(5,28(48-20(3)40)22-12-15-47-17-22)13-14-36-34(7)23(16-24(42)44-9)33(6)18-37(34)39(46-11,30(33)49-21(4)41)31(50-29(25)43)38(27,36)53-35(8,51-36)52-37/h12,15,17,19,23,27-28,30-31H,13-14,16,18H2,1-11H3/b26-25-. The number of allylic oxidation sites excluding steroid dienone is 1. The van der Waals surface area contributed by atoms with Gasteiger partial charge in [0.1, 0.15) is 29.2 Å². The largest absolute Gasteiger partial charge is 0.500 e. The van der Waals surface area contributed by atoms with E-state index in [0.717, 1.165) is 0 Å². The van der Waals surface area contributed by atoms with Crippen molar-refractivity contribution in [1.82, 2.24) is 0 Å². The zero-order valence-electron chi connectivity index (χ0n) is 32.2. The van der Waals surface area contributed by atoms with Crippen LogP contribution in [0.15, 0.2) is 34.3 Å². The molecule has 7 aliphatic rings. The minimum Gasteiger partial charge on any atom is -0.500 e. The smallest absolute Gasteiger partial charge is 0.338 e. The molecular weight excluding hydrogens is 692 g/mol. The lowest BCUT2D eigenvalue weighted by Gasteiger charge is -2.78. The van der Waals surface area contributed by atoms with Gasteiger partial charge in [-0.1, -0.05) is 34.6 Å². The molecule has 7 fully saturated rings. The molecule has 13 atom stereocenters. The maximum Gasteiger partial charge on any atom is 0.338 e. The van der Waals surface area contributed by atoms with Crippen LogP contribution in [-0.4, -0.2) is 85.8 Å². The normalized spacial score (nSPS) is 48.2. The Hall–Kier alpha value is -3.46. The highest BCUT2D eigenvalue weighted by atomic mass is 16.9. The van der Waals surface area contributed by atoms with E-state index in [1.54, 1.807) is 13.0 Å². The SMILES string of the molecule is COC(=O)CC1C2(C)CC34OC5(C)OC67C(/C(=C(/OC)C(C)C)C(=O)OC6C3(OC)C2OC(C)=O)C(C)(C(OC(C)=O)c2ccoc2)CCC7(O5)C14C. The number of furan rings is 1. The fourth-order valence-electron chi connectivity index (χ4n) is 13.6. The van der Waals surface area contributed by atoms with Gasteiger partial charge in [-0.15, -0.1) is 0 Å². The van der Waals surface area contributed by atoms with Crippen molar-refractivity contribution in [3.63, 3.8) is 0 Å². The zero-order chi connectivity index (χ0) is 38.5. The molecule has 3 aliphatic heterocycles. The van der Waals surface area contributed by atoms with Gasteiger partial charge in [-0.2, -0.15) is 0 Å². The first kappa shape index (κ1) is 36.5. The second-order valence-electron chi connectivity index (χ2n) is 17.2. The molecule has 3 spiro atoms. The Balaban J connectivity index is 1.53. The van der Waals surface area contributed by atoms with E-state index in [2.05, 4.69) is 6.92 Å². The maximum absolute atomic E-state index is 15.1. The van der Waals surface area contributed by atoms with Crippen LogP contribution in [0, 0.1) is 34.0 Å². The van der Waals surface area contributed by atoms with Crippen LogP contribution in [0.3, 0.4) is 0 Å². The van der Waals surface area contributed by atoms with E-state index in [1.165, 1.54) is 47.7 Å². The van der Waals surface area contributed by atoms with E-state index in [4.69, 9.17) is 47.0 Å². The predicted molar refractivity (Wildman–Crippen MR) is 179 cm³/mol. The van der Waals surface area contributed by atoms with Crippen LogP contribution in [0.4, 0.5) is 0 Å². The van der Waals surface area contributed by atoms with E-state index in [-0.39, 0.29) is 24.3 Å². The molecule has 14 heteroatoms. The predicted octanol–water partition coefficient (Wildman–Crippen LogP) is 4.69. The van der Waals surface area contributed by atoms with E-state index >= 15 is 4.79 Å². The highest BCUT2D eigenvalue weighted by Gasteiger charge is 3.05. The molecule has 3 saturated heterocycles. The number of esters is 4. The van der Waals surface area contributed by atoms with E-state index < -0.39 is 98.6 Å². The fraction of sp³-hybridized carbons (Fsp3) is 0.744. The Bertz CT molecular complexity index is 1820. The third-order valence-electron chi connectivity index (χ3n) is 14.7. The molecule has 4 heterocycles. The summed E-state index contributed by atoms with van der Waals surface area (Å²) in [4.78, 5) is 54.8. The molecule has 53 heavy (non-hydrogen) atoms. The number of hydrogen-bond acceptors (Lipinski definition) is 14. The summed E-state index contributed by atoms with van der Waals surface area (Å²) in [5, 5.41) is 0. The lowest BCUT2D eigenvalue weighted by Crippen LogP contribution is -2.94. The van der Waals surface area contributed by atoms with E-state index in [1.807, 2.05) is 27.7 Å². The number of fused-ring (bicyclic) bond motifs is 3. The molecule has 4 bridgehead atoms. The third kappa shape index (κ3) is 3.75. The Morgan fingerprint density at radius 2 is 1.64 bits per heavy atom. The number of carbonyl (C=O) groups is 4. The quantitative estimate of drug-likeness (QED) is 0.148. The first-order chi connectivity index (χ1) is 24.8. The minimum absolute atomic E-state index is 0.0560. The number of rotatable bonds is 9. The molecular formula is C39H50O14. The minimum atomic E-state index is -1.72. The van der Waals surface area contributed by atoms with Crippen LogP contribution in [0.25, 0.3) is 0 Å². The molecule has 4 saturated carbocycles. The number of methoxy groups -OCH3 is 3. The lowest BCUT2D eigenvalue weighted by atomic mass is 9.33. The summed E-state index contributed by atoms with van der Waals surface area (Å²) >= 11 is 0. The van der Waals surface area contributed by atoms with Gasteiger partial charge < -0.3 is 47.0 Å². The van der Waals surface area contributed by atoms with Crippen molar-refractivity contribution in [1.29, 1.82) is 0 Å². The monoisotopic (exact) mass is 742 g/mol. The van der Waals surface area contributed by atoms with Gasteiger partial charge in [0, 0.05) is 67.9 Å². The topological polar surface area (TPSA) is 164 Å². The van der Waals surface area contributed by atoms with Crippen LogP contribution in [0.1, 0.15) is 92.7 Å². The Morgan fingerprint density at radius 3 is 2.21 bits per heavy atom. The van der Waals surface area contributed by atoms with Crippen molar-refractivity contribution in [3.05, 3.63) is 35.5 Å². The first-order valence-corrected chi connectivity index (χ1v) is 18.4. The summed E-state index contributed by atoms with van der Waals surface area (Å²) in [6, 6.07) is 1.73. The molecule has 0 amide bonds. The van der Waals surface area contributed by atoms with Gasteiger partial charge in [0.2, 0.25) is 0 Å². The Kier molecular flexibility index (Phi) is 7.48. The zero-order valence-corrected chi connectivity index (χ0v) is 32.2. The van der Waals surface area contributed by atoms with Crippen molar-refractivity contribution in [2.24, 2.45) is 34.0 Å². The van der Waals surface area contributed by atoms with Gasteiger partial charge in [0.05, 0.1) is 32.3 Å². The lowest BCUT2D eigenvalue weighted by molar-refractivity contribution is -0.480. The Morgan fingerprint density at radius 1 is 0.943 bits per heavy atom. The van der Waals surface area contributed by atoms with Crippen LogP contribution in [0.2, 0.25) is 0 Å². The highest BCUT2D eigenvalue weighted by molar-refractivity contribution is 5.92. The summed E-state index contributed by atoms with van der Waals surface area (Å²) in [5.41, 5.74) is -8.45. The van der Waals surface area contributed by atoms with Crippen molar-refractivity contribution in [2.75, 3.05) is 21.3 Å². The summed E-state index contributed by atoms with van der Waals surface area (Å²) in [6.07, 6.45) is 0.566. The molecule has 1 aromatic rings. The van der Waals surface area contributed by atoms with Gasteiger partial charge in [0.15, 0.2) is 17.3 Å². The number of hydrogen-bond donors (Lipinski definition) is 0. The van der Waals surface area contributed by atoms with E-state index in [9.17, 15) is 14.4 Å². The second-order valence-corrected chi connectivity index (χ2v) is 17.2. The molecule has 8 rings (SSSR count). The van der Waals surface area contributed by atoms with Crippen molar-refractivity contribution < 1.29 is 66.2 Å². The van der Waals surface area contributed by atoms with E-state index in [0.29, 0.717) is 24.2 Å². The summed E-state index contributed by atoms with van der Waals surface area (Å²) in [6.45, 7) is 14.2. The summed E-state index contributed by atoms with van der Waals surface area (Å²) in [7, 11) is 4.35. The molecule has 0 radical (unpaired) electrons. The average molecular weight is 743 g/mol. The highest BCUT2D eigenvalue weighted by Crippen LogP contribution is 2.90. The van der Waals surface area contributed by atoms with Gasteiger partial charge in [-0.3, -0.25) is 14.4 Å². The molecule has 13 unspecified atom stereocenters. The van der Waals surface area contributed by atoms with Gasteiger partial charge in [-0.25, -0.2) is 4.79 Å². The molecule has 0 N–H and O–H groups in total. The van der Waals surface area contributed by atoms with Crippen LogP contribution in [0.5, 0.6) is 0 Å². The molecule has 0 aromatic carbocycles. The van der Waals surface area contributed by atoms with Gasteiger partial charge >= 0.3 is 23.9 Å². The van der Waals surface area contributed by atoms with Gasteiger partial charge in [-0.05, 0) is 31.2 Å². The van der Waals surface area contributed by atoms with Crippen molar-refractivity contribution in [2.45, 2.75) is 128 Å². The maximum atomic E-state index is 15.1.